The fourth-order valence-corrected chi connectivity index (χ4v) is 5.58. The number of ether oxygens (including phenoxy) is 1. The number of nitrogens with one attached hydrogen (secondary N) is 2. The lowest BCUT2D eigenvalue weighted by Gasteiger charge is -2.25. The quantitative estimate of drug-likeness (QED) is 0.320. The molecule has 3 aromatic carbocycles. The first-order valence-corrected chi connectivity index (χ1v) is 13.6. The van der Waals surface area contributed by atoms with Gasteiger partial charge in [0.1, 0.15) is 17.2 Å². The van der Waals surface area contributed by atoms with Crippen molar-refractivity contribution >= 4 is 49.1 Å². The van der Waals surface area contributed by atoms with Crippen LogP contribution in [0.5, 0.6) is 5.75 Å². The van der Waals surface area contributed by atoms with Gasteiger partial charge in [-0.2, -0.15) is 0 Å². The number of halogens is 1. The number of sulfonamides is 1. The molecule has 0 saturated carbocycles. The highest BCUT2D eigenvalue weighted by atomic mass is 79.9. The molecule has 190 valence electrons. The van der Waals surface area contributed by atoms with Crippen molar-refractivity contribution in [3.63, 3.8) is 0 Å². The summed E-state index contributed by atoms with van der Waals surface area (Å²) in [6, 6.07) is 19.6. The van der Waals surface area contributed by atoms with Gasteiger partial charge in [-0.15, -0.1) is 0 Å². The van der Waals surface area contributed by atoms with Crippen molar-refractivity contribution in [3.8, 4) is 5.75 Å². The molecule has 0 unspecified atom stereocenters. The fraction of sp³-hybridized carbons (Fsp3) is 0.231. The fourth-order valence-electron chi connectivity index (χ4n) is 3.46. The van der Waals surface area contributed by atoms with E-state index in [1.807, 2.05) is 6.92 Å². The molecule has 36 heavy (non-hydrogen) atoms. The van der Waals surface area contributed by atoms with Crippen molar-refractivity contribution in [1.82, 2.24) is 5.32 Å². The summed E-state index contributed by atoms with van der Waals surface area (Å²) in [5.41, 5.74) is 0.895. The molecule has 0 spiro atoms. The van der Waals surface area contributed by atoms with E-state index in [9.17, 15) is 18.0 Å². The zero-order valence-electron chi connectivity index (χ0n) is 20.0. The normalized spacial score (nSPS) is 11.0. The number of carbonyl (C=O) groups is 2. The van der Waals surface area contributed by atoms with Gasteiger partial charge in [-0.25, -0.2) is 8.42 Å². The monoisotopic (exact) mass is 573 g/mol. The first-order chi connectivity index (χ1) is 17.3. The van der Waals surface area contributed by atoms with Gasteiger partial charge in [0.05, 0.1) is 24.0 Å². The van der Waals surface area contributed by atoms with Crippen LogP contribution in [0.2, 0.25) is 0 Å². The van der Waals surface area contributed by atoms with Crippen LogP contribution in [-0.4, -0.2) is 40.4 Å². The number of para-hydroxylation sites is 2. The lowest BCUT2D eigenvalue weighted by Crippen LogP contribution is -2.38. The average molecular weight is 574 g/mol. The van der Waals surface area contributed by atoms with Gasteiger partial charge in [-0.1, -0.05) is 59.6 Å². The van der Waals surface area contributed by atoms with Crippen LogP contribution in [0.3, 0.4) is 0 Å². The number of anilines is 2. The number of amides is 2. The van der Waals surface area contributed by atoms with Gasteiger partial charge in [0.15, 0.2) is 0 Å². The Bertz CT molecular complexity index is 1320. The van der Waals surface area contributed by atoms with Crippen molar-refractivity contribution in [3.05, 3.63) is 82.8 Å². The standard InChI is InChI=1S/C26H28BrN3O5S/c1-3-4-16-28-26(32)21-12-8-9-13-22(21)29-25(31)18-30(20-10-6-5-7-11-20)36(33,34)24-17-19(27)14-15-23(24)35-2/h5-15,17H,3-4,16,18H2,1-2H3,(H,28,32)(H,29,31). The molecule has 8 nitrogen and oxygen atoms in total. The van der Waals surface area contributed by atoms with E-state index in [-0.39, 0.29) is 16.6 Å². The largest absolute Gasteiger partial charge is 0.495 e. The molecule has 0 heterocycles. The molecule has 0 aliphatic carbocycles. The maximum Gasteiger partial charge on any atom is 0.268 e. The molecule has 0 bridgehead atoms. The number of nitrogens with zero attached hydrogens (tertiary/aromatic N) is 1. The van der Waals surface area contributed by atoms with Crippen LogP contribution in [0.15, 0.2) is 82.2 Å². The number of hydrogen-bond donors (Lipinski definition) is 2. The predicted molar refractivity (Wildman–Crippen MR) is 144 cm³/mol. The molecule has 2 amide bonds. The minimum Gasteiger partial charge on any atom is -0.495 e. The Morgan fingerprint density at radius 2 is 1.69 bits per heavy atom. The third kappa shape index (κ3) is 6.64. The topological polar surface area (TPSA) is 105 Å². The maximum absolute atomic E-state index is 13.8. The second kappa shape index (κ2) is 12.5. The average Bonchev–Trinajstić information content (AvgIpc) is 2.88. The Hall–Kier alpha value is -3.37. The second-order valence-corrected chi connectivity index (χ2v) is 10.6. The number of hydrogen-bond acceptors (Lipinski definition) is 5. The molecule has 0 aliphatic rings. The Morgan fingerprint density at radius 3 is 2.39 bits per heavy atom. The van der Waals surface area contributed by atoms with Crippen molar-refractivity contribution in [2.24, 2.45) is 0 Å². The highest BCUT2D eigenvalue weighted by Gasteiger charge is 2.30. The molecule has 0 aliphatic heterocycles. The van der Waals surface area contributed by atoms with Crippen LogP contribution >= 0.6 is 15.9 Å². The van der Waals surface area contributed by atoms with Crippen LogP contribution in [0.4, 0.5) is 11.4 Å². The van der Waals surface area contributed by atoms with E-state index < -0.39 is 22.5 Å². The van der Waals surface area contributed by atoms with E-state index >= 15 is 0 Å². The van der Waals surface area contributed by atoms with Gasteiger partial charge in [-0.3, -0.25) is 13.9 Å². The van der Waals surface area contributed by atoms with Gasteiger partial charge < -0.3 is 15.4 Å². The minimum absolute atomic E-state index is 0.0910. The van der Waals surface area contributed by atoms with Gasteiger partial charge >= 0.3 is 0 Å². The SMILES string of the molecule is CCCCNC(=O)c1ccccc1NC(=O)CN(c1ccccc1)S(=O)(=O)c1cc(Br)ccc1OC. The smallest absolute Gasteiger partial charge is 0.268 e. The Labute approximate surface area is 219 Å². The molecular formula is C26H28BrN3O5S. The zero-order chi connectivity index (χ0) is 26.1. The molecule has 0 atom stereocenters. The highest BCUT2D eigenvalue weighted by Crippen LogP contribution is 2.32. The number of carbonyl (C=O) groups excluding carboxylic acids is 2. The first-order valence-electron chi connectivity index (χ1n) is 11.4. The third-order valence-corrected chi connectivity index (χ3v) is 7.58. The Kier molecular flexibility index (Phi) is 9.49. The summed E-state index contributed by atoms with van der Waals surface area (Å²) in [6.07, 6.45) is 1.77. The van der Waals surface area contributed by atoms with Crippen LogP contribution in [0.1, 0.15) is 30.1 Å². The summed E-state index contributed by atoms with van der Waals surface area (Å²) in [7, 11) is -2.83. The lowest BCUT2D eigenvalue weighted by atomic mass is 10.1. The molecule has 0 aromatic heterocycles. The van der Waals surface area contributed by atoms with E-state index in [1.54, 1.807) is 60.7 Å². The Morgan fingerprint density at radius 1 is 1.00 bits per heavy atom. The Balaban J connectivity index is 1.92. The van der Waals surface area contributed by atoms with Crippen LogP contribution in [0.25, 0.3) is 0 Å². The van der Waals surface area contributed by atoms with Crippen LogP contribution in [0, 0.1) is 0 Å². The van der Waals surface area contributed by atoms with E-state index in [4.69, 9.17) is 4.74 Å². The van der Waals surface area contributed by atoms with Gasteiger partial charge in [0.2, 0.25) is 5.91 Å². The molecule has 0 saturated heterocycles. The van der Waals surface area contributed by atoms with Crippen molar-refractivity contribution < 1.29 is 22.7 Å². The second-order valence-electron chi connectivity index (χ2n) is 7.85. The first kappa shape index (κ1) is 27.2. The molecular weight excluding hydrogens is 546 g/mol. The zero-order valence-corrected chi connectivity index (χ0v) is 22.4. The molecule has 3 rings (SSSR count). The molecule has 0 radical (unpaired) electrons. The summed E-state index contributed by atoms with van der Waals surface area (Å²) in [5.74, 6) is -0.774. The number of rotatable bonds is 11. The van der Waals surface area contributed by atoms with E-state index in [0.29, 0.717) is 28.0 Å². The van der Waals surface area contributed by atoms with Crippen molar-refractivity contribution in [2.75, 3.05) is 29.8 Å². The van der Waals surface area contributed by atoms with Gasteiger partial charge in [-0.05, 0) is 48.9 Å². The van der Waals surface area contributed by atoms with Crippen molar-refractivity contribution in [1.29, 1.82) is 0 Å². The number of methoxy groups -OCH3 is 1. The molecule has 3 aromatic rings. The number of unbranched alkanes of at least 4 members (excludes halogenated alkanes) is 1. The molecule has 0 fully saturated rings. The van der Waals surface area contributed by atoms with Crippen LogP contribution < -0.4 is 19.7 Å². The van der Waals surface area contributed by atoms with E-state index in [1.165, 1.54) is 19.2 Å². The minimum atomic E-state index is -4.21. The molecule has 2 N–H and O–H groups in total. The predicted octanol–water partition coefficient (Wildman–Crippen LogP) is 4.82. The summed E-state index contributed by atoms with van der Waals surface area (Å²) in [5, 5.41) is 5.53. The van der Waals surface area contributed by atoms with Crippen molar-refractivity contribution in [2.45, 2.75) is 24.7 Å². The third-order valence-electron chi connectivity index (χ3n) is 5.29. The lowest BCUT2D eigenvalue weighted by molar-refractivity contribution is -0.114. The van der Waals surface area contributed by atoms with Gasteiger partial charge in [0.25, 0.3) is 15.9 Å². The summed E-state index contributed by atoms with van der Waals surface area (Å²) >= 11 is 3.31. The van der Waals surface area contributed by atoms with E-state index in [0.717, 1.165) is 17.1 Å². The molecule has 10 heteroatoms. The highest BCUT2D eigenvalue weighted by molar-refractivity contribution is 9.10. The van der Waals surface area contributed by atoms with Crippen LogP contribution in [-0.2, 0) is 14.8 Å². The van der Waals surface area contributed by atoms with Gasteiger partial charge in [0, 0.05) is 11.0 Å². The maximum atomic E-state index is 13.8. The van der Waals surface area contributed by atoms with E-state index in [2.05, 4.69) is 26.6 Å². The number of benzene rings is 3. The summed E-state index contributed by atoms with van der Waals surface area (Å²) < 4.78 is 34.3. The summed E-state index contributed by atoms with van der Waals surface area (Å²) in [4.78, 5) is 25.7. The summed E-state index contributed by atoms with van der Waals surface area (Å²) in [6.45, 7) is 2.02.